The number of nitrogens with one attached hydrogen (secondary N) is 3. The van der Waals surface area contributed by atoms with Crippen LogP contribution in [0.25, 0.3) is 11.0 Å². The second-order valence-electron chi connectivity index (χ2n) is 7.25. The molecule has 6 nitrogen and oxygen atoms in total. The zero-order valence-corrected chi connectivity index (χ0v) is 16.9. The number of nitrogens with zero attached hydrogens (tertiary/aromatic N) is 2. The molecule has 0 saturated carbocycles. The van der Waals surface area contributed by atoms with Crippen molar-refractivity contribution in [3.05, 3.63) is 89.6 Å². The zero-order valence-electron chi connectivity index (χ0n) is 16.9. The minimum atomic E-state index is -0.273. The third-order valence-corrected chi connectivity index (χ3v) is 4.59. The van der Waals surface area contributed by atoms with Gasteiger partial charge in [0, 0.05) is 17.9 Å². The Morgan fingerprint density at radius 2 is 1.57 bits per heavy atom. The Labute approximate surface area is 175 Å². The second-order valence-corrected chi connectivity index (χ2v) is 7.25. The lowest BCUT2D eigenvalue weighted by molar-refractivity contribution is 0.262. The number of aryl methyl sites for hydroxylation is 2. The molecule has 1 heterocycles. The molecule has 4 aromatic rings. The number of fused-ring (bicyclic) bond motifs is 1. The number of benzene rings is 3. The normalized spacial score (nSPS) is 10.6. The van der Waals surface area contributed by atoms with E-state index in [9.17, 15) is 4.79 Å². The quantitative estimate of drug-likeness (QED) is 0.415. The van der Waals surface area contributed by atoms with Crippen molar-refractivity contribution < 1.29 is 4.79 Å². The summed E-state index contributed by atoms with van der Waals surface area (Å²) < 4.78 is 0. The fourth-order valence-electron chi connectivity index (χ4n) is 3.33. The van der Waals surface area contributed by atoms with Crippen LogP contribution >= 0.6 is 0 Å². The SMILES string of the molecule is Cc1cc(C)cc(NC(=O)Nc2cccc(CNc3cnc4ccccc4n3)c2)c1. The standard InChI is InChI=1S/C24H23N5O/c1-16-10-17(2)12-20(11-16)28-24(30)27-19-7-5-6-18(13-19)14-26-23-15-25-21-8-3-4-9-22(21)29-23/h3-13,15H,14H2,1-2H3,(H,26,29)(H2,27,28,30). The summed E-state index contributed by atoms with van der Waals surface area (Å²) in [5.41, 5.74) is 6.45. The van der Waals surface area contributed by atoms with Crippen LogP contribution < -0.4 is 16.0 Å². The monoisotopic (exact) mass is 397 g/mol. The van der Waals surface area contributed by atoms with Gasteiger partial charge in [-0.15, -0.1) is 0 Å². The smallest absolute Gasteiger partial charge is 0.323 e. The van der Waals surface area contributed by atoms with Crippen molar-refractivity contribution in [1.82, 2.24) is 9.97 Å². The summed E-state index contributed by atoms with van der Waals surface area (Å²) in [5, 5.41) is 9.05. The summed E-state index contributed by atoms with van der Waals surface area (Å²) in [6, 6.07) is 21.1. The van der Waals surface area contributed by atoms with Gasteiger partial charge in [0.05, 0.1) is 17.2 Å². The molecular formula is C24H23N5O. The Bertz CT molecular complexity index is 1180. The van der Waals surface area contributed by atoms with E-state index in [0.29, 0.717) is 12.4 Å². The molecule has 3 aromatic carbocycles. The molecule has 1 aromatic heterocycles. The van der Waals surface area contributed by atoms with E-state index in [1.54, 1.807) is 6.20 Å². The number of rotatable bonds is 5. The molecule has 0 aliphatic heterocycles. The molecule has 0 radical (unpaired) electrons. The van der Waals surface area contributed by atoms with E-state index >= 15 is 0 Å². The molecule has 0 bridgehead atoms. The first kappa shape index (κ1) is 19.4. The first-order chi connectivity index (χ1) is 14.5. The molecule has 0 unspecified atom stereocenters. The minimum Gasteiger partial charge on any atom is -0.365 e. The molecule has 0 aliphatic carbocycles. The Morgan fingerprint density at radius 3 is 2.37 bits per heavy atom. The molecular weight excluding hydrogens is 374 g/mol. The highest BCUT2D eigenvalue weighted by atomic mass is 16.2. The van der Waals surface area contributed by atoms with Crippen LogP contribution in [0.15, 0.2) is 72.9 Å². The molecule has 3 N–H and O–H groups in total. The van der Waals surface area contributed by atoms with E-state index < -0.39 is 0 Å². The zero-order chi connectivity index (χ0) is 20.9. The molecule has 0 spiro atoms. The van der Waals surface area contributed by atoms with Gasteiger partial charge in [-0.05, 0) is 66.9 Å². The molecule has 30 heavy (non-hydrogen) atoms. The highest BCUT2D eigenvalue weighted by molar-refractivity contribution is 5.99. The van der Waals surface area contributed by atoms with Gasteiger partial charge >= 0.3 is 6.03 Å². The summed E-state index contributed by atoms with van der Waals surface area (Å²) in [6.45, 7) is 4.58. The van der Waals surface area contributed by atoms with Gasteiger partial charge in [-0.2, -0.15) is 0 Å². The van der Waals surface area contributed by atoms with Gasteiger partial charge in [0.1, 0.15) is 5.82 Å². The van der Waals surface area contributed by atoms with Crippen LogP contribution in [0.4, 0.5) is 22.0 Å². The van der Waals surface area contributed by atoms with Crippen molar-refractivity contribution in [1.29, 1.82) is 0 Å². The van der Waals surface area contributed by atoms with Crippen LogP contribution in [0, 0.1) is 13.8 Å². The van der Waals surface area contributed by atoms with Crippen LogP contribution in [-0.4, -0.2) is 16.0 Å². The summed E-state index contributed by atoms with van der Waals surface area (Å²) in [5.74, 6) is 0.708. The summed E-state index contributed by atoms with van der Waals surface area (Å²) in [4.78, 5) is 21.3. The largest absolute Gasteiger partial charge is 0.365 e. The highest BCUT2D eigenvalue weighted by Gasteiger charge is 2.05. The molecule has 2 amide bonds. The van der Waals surface area contributed by atoms with E-state index in [1.807, 2.05) is 74.5 Å². The molecule has 0 atom stereocenters. The van der Waals surface area contributed by atoms with Gasteiger partial charge in [-0.25, -0.2) is 9.78 Å². The molecule has 0 aliphatic rings. The molecule has 150 valence electrons. The van der Waals surface area contributed by atoms with Crippen LogP contribution in [0.5, 0.6) is 0 Å². The number of anilines is 3. The number of carbonyl (C=O) groups excluding carboxylic acids is 1. The van der Waals surface area contributed by atoms with Crippen molar-refractivity contribution in [3.8, 4) is 0 Å². The molecule has 4 rings (SSSR count). The summed E-state index contributed by atoms with van der Waals surface area (Å²) in [7, 11) is 0. The number of aromatic nitrogens is 2. The average Bonchev–Trinajstić information content (AvgIpc) is 2.71. The molecule has 6 heteroatoms. The lowest BCUT2D eigenvalue weighted by atomic mass is 10.1. The minimum absolute atomic E-state index is 0.273. The number of hydrogen-bond acceptors (Lipinski definition) is 4. The van der Waals surface area contributed by atoms with Gasteiger partial charge < -0.3 is 16.0 Å². The first-order valence-electron chi connectivity index (χ1n) is 9.76. The Hall–Kier alpha value is -3.93. The van der Waals surface area contributed by atoms with Crippen LogP contribution in [-0.2, 0) is 6.54 Å². The highest BCUT2D eigenvalue weighted by Crippen LogP contribution is 2.17. The van der Waals surface area contributed by atoms with Crippen LogP contribution in [0.3, 0.4) is 0 Å². The molecule has 0 saturated heterocycles. The van der Waals surface area contributed by atoms with E-state index in [4.69, 9.17) is 0 Å². The maximum atomic E-state index is 12.4. The van der Waals surface area contributed by atoms with E-state index in [0.717, 1.165) is 39.1 Å². The summed E-state index contributed by atoms with van der Waals surface area (Å²) >= 11 is 0. The number of amides is 2. The first-order valence-corrected chi connectivity index (χ1v) is 9.76. The molecule has 0 fully saturated rings. The van der Waals surface area contributed by atoms with Gasteiger partial charge in [0.15, 0.2) is 0 Å². The van der Waals surface area contributed by atoms with Crippen molar-refractivity contribution in [2.24, 2.45) is 0 Å². The van der Waals surface area contributed by atoms with Crippen molar-refractivity contribution in [2.45, 2.75) is 20.4 Å². The Kier molecular flexibility index (Phi) is 5.57. The number of carbonyl (C=O) groups is 1. The Balaban J connectivity index is 1.38. The average molecular weight is 397 g/mol. The predicted molar refractivity (Wildman–Crippen MR) is 122 cm³/mol. The van der Waals surface area contributed by atoms with E-state index in [-0.39, 0.29) is 6.03 Å². The Morgan fingerprint density at radius 1 is 0.833 bits per heavy atom. The lowest BCUT2D eigenvalue weighted by Crippen LogP contribution is -2.19. The third-order valence-electron chi connectivity index (χ3n) is 4.59. The number of para-hydroxylation sites is 2. The van der Waals surface area contributed by atoms with E-state index in [1.165, 1.54) is 0 Å². The van der Waals surface area contributed by atoms with E-state index in [2.05, 4.69) is 32.0 Å². The van der Waals surface area contributed by atoms with Crippen molar-refractivity contribution >= 4 is 34.3 Å². The van der Waals surface area contributed by atoms with Crippen LogP contribution in [0.1, 0.15) is 16.7 Å². The van der Waals surface area contributed by atoms with Gasteiger partial charge in [-0.3, -0.25) is 4.98 Å². The topological polar surface area (TPSA) is 78.9 Å². The lowest BCUT2D eigenvalue weighted by Gasteiger charge is -2.11. The maximum Gasteiger partial charge on any atom is 0.323 e. The fraction of sp³-hybridized carbons (Fsp3) is 0.125. The van der Waals surface area contributed by atoms with Crippen LogP contribution in [0.2, 0.25) is 0 Å². The van der Waals surface area contributed by atoms with Gasteiger partial charge in [-0.1, -0.05) is 30.3 Å². The predicted octanol–water partition coefficient (Wildman–Crippen LogP) is 5.50. The van der Waals surface area contributed by atoms with Gasteiger partial charge in [0.25, 0.3) is 0 Å². The second kappa shape index (κ2) is 8.61. The fourth-order valence-corrected chi connectivity index (χ4v) is 3.33. The number of hydrogen-bond donors (Lipinski definition) is 3. The maximum absolute atomic E-state index is 12.4. The van der Waals surface area contributed by atoms with Crippen molar-refractivity contribution in [3.63, 3.8) is 0 Å². The summed E-state index contributed by atoms with van der Waals surface area (Å²) in [6.07, 6.45) is 1.72. The third kappa shape index (κ3) is 4.91. The van der Waals surface area contributed by atoms with Crippen molar-refractivity contribution in [2.75, 3.05) is 16.0 Å². The van der Waals surface area contributed by atoms with Gasteiger partial charge in [0.2, 0.25) is 0 Å². The number of urea groups is 1.